The number of benzene rings is 2. The summed E-state index contributed by atoms with van der Waals surface area (Å²) in [5.41, 5.74) is 2.64. The Morgan fingerprint density at radius 3 is 2.82 bits per heavy atom. The highest BCUT2D eigenvalue weighted by Crippen LogP contribution is 2.30. The predicted molar refractivity (Wildman–Crippen MR) is 125 cm³/mol. The van der Waals surface area contributed by atoms with E-state index in [1.54, 1.807) is 18.3 Å². The van der Waals surface area contributed by atoms with Crippen LogP contribution in [0.1, 0.15) is 26.5 Å². The van der Waals surface area contributed by atoms with Crippen molar-refractivity contribution >= 4 is 28.1 Å². The molecule has 9 nitrogen and oxygen atoms in total. The number of imidazole rings is 1. The van der Waals surface area contributed by atoms with Gasteiger partial charge in [-0.15, -0.1) is 11.3 Å². The first-order valence-electron chi connectivity index (χ1n) is 10.4. The van der Waals surface area contributed by atoms with Crippen LogP contribution < -0.4 is 5.32 Å². The molecule has 1 amide bonds. The van der Waals surface area contributed by atoms with Crippen molar-refractivity contribution in [3.8, 4) is 5.69 Å². The van der Waals surface area contributed by atoms with E-state index in [0.717, 1.165) is 36.6 Å². The summed E-state index contributed by atoms with van der Waals surface area (Å²) in [4.78, 5) is 35.9. The second kappa shape index (κ2) is 8.93. The Labute approximate surface area is 193 Å². The van der Waals surface area contributed by atoms with E-state index in [1.165, 1.54) is 40.1 Å². The Balaban J connectivity index is 1.30. The number of nitro benzene ring substituents is 1. The summed E-state index contributed by atoms with van der Waals surface area (Å²) < 4.78 is 1.54. The number of anilines is 1. The molecule has 166 valence electrons. The van der Waals surface area contributed by atoms with Gasteiger partial charge in [-0.1, -0.05) is 30.3 Å². The Morgan fingerprint density at radius 1 is 1.21 bits per heavy atom. The quantitative estimate of drug-likeness (QED) is 0.344. The van der Waals surface area contributed by atoms with Crippen LogP contribution in [0.3, 0.4) is 0 Å². The number of amides is 1. The third kappa shape index (κ3) is 4.52. The van der Waals surface area contributed by atoms with Gasteiger partial charge in [-0.05, 0) is 17.7 Å². The Hall–Kier alpha value is -3.89. The lowest BCUT2D eigenvalue weighted by Crippen LogP contribution is -2.29. The molecule has 1 aliphatic heterocycles. The second-order valence-corrected chi connectivity index (χ2v) is 8.80. The molecule has 10 heteroatoms. The van der Waals surface area contributed by atoms with Crippen LogP contribution in [0.15, 0.2) is 67.3 Å². The van der Waals surface area contributed by atoms with Gasteiger partial charge in [-0.25, -0.2) is 9.97 Å². The SMILES string of the molecule is O=C(Nc1nc2c(s1)CN(Cc1ccccc1)CC2)c1ccc(-n2ccnc2)c([N+](=O)[O-])c1. The average molecular weight is 461 g/mol. The van der Waals surface area contributed by atoms with Gasteiger partial charge < -0.3 is 4.57 Å². The summed E-state index contributed by atoms with van der Waals surface area (Å²) in [7, 11) is 0. The van der Waals surface area contributed by atoms with Crippen LogP contribution in [0.2, 0.25) is 0 Å². The molecule has 0 aliphatic carbocycles. The monoisotopic (exact) mass is 460 g/mol. The van der Waals surface area contributed by atoms with Crippen LogP contribution in [0.5, 0.6) is 0 Å². The minimum Gasteiger partial charge on any atom is -0.300 e. The molecule has 1 N–H and O–H groups in total. The number of hydrogen-bond acceptors (Lipinski definition) is 7. The van der Waals surface area contributed by atoms with Crippen LogP contribution in [0.4, 0.5) is 10.8 Å². The van der Waals surface area contributed by atoms with Crippen LogP contribution in [-0.4, -0.2) is 36.8 Å². The number of carbonyl (C=O) groups excluding carboxylic acids is 1. The van der Waals surface area contributed by atoms with Crippen LogP contribution in [0.25, 0.3) is 5.69 Å². The lowest BCUT2D eigenvalue weighted by atomic mass is 10.1. The Kier molecular flexibility index (Phi) is 5.68. The molecule has 33 heavy (non-hydrogen) atoms. The standard InChI is InChI=1S/C23H20N6O3S/c30-22(17-6-7-19(20(12-17)29(31)32)28-11-9-24-15-28)26-23-25-18-8-10-27(14-21(18)33-23)13-16-4-2-1-3-5-16/h1-7,9,11-12,15H,8,10,13-14H2,(H,25,26,30). The number of fused-ring (bicyclic) bond motifs is 1. The number of carbonyl (C=O) groups is 1. The zero-order valence-electron chi connectivity index (χ0n) is 17.5. The molecule has 0 saturated heterocycles. The van der Waals surface area contributed by atoms with Crippen molar-refractivity contribution in [3.05, 3.63) is 99.1 Å². The van der Waals surface area contributed by atoms with Gasteiger partial charge >= 0.3 is 0 Å². The number of thiazole rings is 1. The summed E-state index contributed by atoms with van der Waals surface area (Å²) >= 11 is 1.45. The lowest BCUT2D eigenvalue weighted by Gasteiger charge is -2.25. The third-order valence-corrected chi connectivity index (χ3v) is 6.49. The Bertz CT molecular complexity index is 1300. The largest absolute Gasteiger partial charge is 0.300 e. The van der Waals surface area contributed by atoms with Crippen LogP contribution >= 0.6 is 11.3 Å². The van der Waals surface area contributed by atoms with Gasteiger partial charge in [0, 0.05) is 55.0 Å². The smallest absolute Gasteiger partial charge is 0.294 e. The average Bonchev–Trinajstić information content (AvgIpc) is 3.49. The predicted octanol–water partition coefficient (Wildman–Crippen LogP) is 4.05. The molecule has 3 heterocycles. The number of nitro groups is 1. The number of hydrogen-bond donors (Lipinski definition) is 1. The topological polar surface area (TPSA) is 106 Å². The van der Waals surface area contributed by atoms with Crippen molar-refractivity contribution in [2.45, 2.75) is 19.5 Å². The maximum atomic E-state index is 12.8. The molecule has 0 saturated carbocycles. The van der Waals surface area contributed by atoms with Crippen molar-refractivity contribution in [1.82, 2.24) is 19.4 Å². The van der Waals surface area contributed by atoms with Crippen LogP contribution in [-0.2, 0) is 19.5 Å². The van der Waals surface area contributed by atoms with Crippen molar-refractivity contribution in [1.29, 1.82) is 0 Å². The molecule has 4 aromatic rings. The fraction of sp³-hybridized carbons (Fsp3) is 0.174. The van der Waals surface area contributed by atoms with Crippen molar-refractivity contribution in [3.63, 3.8) is 0 Å². The van der Waals surface area contributed by atoms with Crippen LogP contribution in [0, 0.1) is 10.1 Å². The summed E-state index contributed by atoms with van der Waals surface area (Å²) in [5.74, 6) is -0.428. The molecular weight excluding hydrogens is 440 g/mol. The zero-order valence-corrected chi connectivity index (χ0v) is 18.4. The van der Waals surface area contributed by atoms with Gasteiger partial charge in [0.05, 0.1) is 16.9 Å². The molecule has 0 fully saturated rings. The lowest BCUT2D eigenvalue weighted by molar-refractivity contribution is -0.384. The third-order valence-electron chi connectivity index (χ3n) is 5.50. The van der Waals surface area contributed by atoms with E-state index in [1.807, 2.05) is 18.2 Å². The molecule has 2 aromatic heterocycles. The highest BCUT2D eigenvalue weighted by atomic mass is 32.1. The van der Waals surface area contributed by atoms with E-state index in [0.29, 0.717) is 10.8 Å². The molecule has 5 rings (SSSR count). The van der Waals surface area contributed by atoms with E-state index >= 15 is 0 Å². The van der Waals surface area contributed by atoms with E-state index in [2.05, 4.69) is 32.3 Å². The van der Waals surface area contributed by atoms with Gasteiger partial charge in [-0.3, -0.25) is 25.1 Å². The van der Waals surface area contributed by atoms with Gasteiger partial charge in [0.1, 0.15) is 5.69 Å². The zero-order chi connectivity index (χ0) is 22.8. The molecule has 1 aliphatic rings. The molecule has 0 bridgehead atoms. The first-order chi connectivity index (χ1) is 16.1. The maximum absolute atomic E-state index is 12.8. The molecule has 0 unspecified atom stereocenters. The molecule has 0 radical (unpaired) electrons. The first-order valence-corrected chi connectivity index (χ1v) is 11.2. The van der Waals surface area contributed by atoms with E-state index in [-0.39, 0.29) is 11.3 Å². The van der Waals surface area contributed by atoms with Gasteiger partial charge in [0.2, 0.25) is 0 Å². The van der Waals surface area contributed by atoms with Gasteiger partial charge in [-0.2, -0.15) is 0 Å². The van der Waals surface area contributed by atoms with E-state index < -0.39 is 10.8 Å². The number of rotatable bonds is 6. The minimum atomic E-state index is -0.504. The highest BCUT2D eigenvalue weighted by molar-refractivity contribution is 7.15. The van der Waals surface area contributed by atoms with E-state index in [9.17, 15) is 14.9 Å². The normalized spacial score (nSPS) is 13.5. The summed E-state index contributed by atoms with van der Waals surface area (Å²) in [6, 6.07) is 14.7. The van der Waals surface area contributed by atoms with Crippen molar-refractivity contribution < 1.29 is 9.72 Å². The van der Waals surface area contributed by atoms with Crippen molar-refractivity contribution in [2.75, 3.05) is 11.9 Å². The molecular formula is C23H20N6O3S. The second-order valence-electron chi connectivity index (χ2n) is 7.72. The maximum Gasteiger partial charge on any atom is 0.294 e. The fourth-order valence-corrected chi connectivity index (χ4v) is 4.92. The number of aromatic nitrogens is 3. The molecule has 0 spiro atoms. The van der Waals surface area contributed by atoms with E-state index in [4.69, 9.17) is 0 Å². The summed E-state index contributed by atoms with van der Waals surface area (Å²) in [6.45, 7) is 2.55. The summed E-state index contributed by atoms with van der Waals surface area (Å²) in [5, 5.41) is 14.9. The fourth-order valence-electron chi connectivity index (χ4n) is 3.88. The first kappa shape index (κ1) is 21.0. The number of nitrogens with zero attached hydrogens (tertiary/aromatic N) is 5. The van der Waals surface area contributed by atoms with Gasteiger partial charge in [0.15, 0.2) is 5.13 Å². The van der Waals surface area contributed by atoms with Crippen molar-refractivity contribution in [2.24, 2.45) is 0 Å². The molecule has 0 atom stereocenters. The highest BCUT2D eigenvalue weighted by Gasteiger charge is 2.23. The molecule has 2 aromatic carbocycles. The minimum absolute atomic E-state index is 0.171. The number of nitrogens with one attached hydrogen (secondary N) is 1. The summed E-state index contributed by atoms with van der Waals surface area (Å²) in [6.07, 6.45) is 5.45. The Morgan fingerprint density at radius 2 is 2.06 bits per heavy atom. The van der Waals surface area contributed by atoms with Gasteiger partial charge in [0.25, 0.3) is 11.6 Å².